The van der Waals surface area contributed by atoms with E-state index in [9.17, 15) is 14.4 Å². The van der Waals surface area contributed by atoms with Crippen LogP contribution in [0.1, 0.15) is 39.1 Å². The normalized spacial score (nSPS) is 13.1. The van der Waals surface area contributed by atoms with Gasteiger partial charge in [0, 0.05) is 34.5 Å². The number of carbonyl (C=O) groups excluding carboxylic acids is 3. The summed E-state index contributed by atoms with van der Waals surface area (Å²) < 4.78 is 5.24. The first-order chi connectivity index (χ1) is 14.0. The van der Waals surface area contributed by atoms with E-state index in [4.69, 9.17) is 16.3 Å². The third-order valence-electron chi connectivity index (χ3n) is 4.91. The summed E-state index contributed by atoms with van der Waals surface area (Å²) in [6.45, 7) is 0.297. The van der Waals surface area contributed by atoms with E-state index >= 15 is 0 Å². The van der Waals surface area contributed by atoms with Crippen LogP contribution >= 0.6 is 11.6 Å². The Balaban J connectivity index is 1.37. The molecule has 5 nitrogen and oxygen atoms in total. The Kier molecular flexibility index (Phi) is 5.32. The van der Waals surface area contributed by atoms with Gasteiger partial charge in [-0.25, -0.2) is 0 Å². The topological polar surface area (TPSA) is 63.7 Å². The Morgan fingerprint density at radius 3 is 2.24 bits per heavy atom. The molecule has 29 heavy (non-hydrogen) atoms. The molecule has 0 atom stereocenters. The second-order valence-corrected chi connectivity index (χ2v) is 7.30. The van der Waals surface area contributed by atoms with Crippen molar-refractivity contribution in [3.05, 3.63) is 82.4 Å². The average Bonchev–Trinajstić information content (AvgIpc) is 2.73. The lowest BCUT2D eigenvalue weighted by molar-refractivity contribution is -0.145. The summed E-state index contributed by atoms with van der Waals surface area (Å²) in [6.07, 6.45) is 0.452. The Hall–Kier alpha value is -3.18. The first kappa shape index (κ1) is 19.2. The van der Waals surface area contributed by atoms with Crippen LogP contribution in [0.15, 0.2) is 60.7 Å². The molecular weight excluding hydrogens is 390 g/mol. The molecule has 2 amide bonds. The van der Waals surface area contributed by atoms with Crippen molar-refractivity contribution in [1.29, 1.82) is 0 Å². The molecule has 6 heteroatoms. The van der Waals surface area contributed by atoms with Crippen molar-refractivity contribution >= 4 is 40.2 Å². The maximum Gasteiger partial charge on any atom is 0.306 e. The lowest BCUT2D eigenvalue weighted by Crippen LogP contribution is -2.41. The molecule has 0 unspecified atom stereocenters. The van der Waals surface area contributed by atoms with E-state index < -0.39 is 0 Å². The zero-order chi connectivity index (χ0) is 20.4. The molecule has 3 aromatic rings. The molecule has 4 rings (SSSR count). The molecule has 0 bridgehead atoms. The van der Waals surface area contributed by atoms with Crippen LogP contribution in [0, 0.1) is 0 Å². The van der Waals surface area contributed by atoms with Gasteiger partial charge >= 0.3 is 5.97 Å². The number of carbonyl (C=O) groups is 3. The van der Waals surface area contributed by atoms with Crippen LogP contribution in [0.4, 0.5) is 0 Å². The van der Waals surface area contributed by atoms with E-state index in [1.165, 1.54) is 4.90 Å². The maximum atomic E-state index is 12.8. The van der Waals surface area contributed by atoms with Crippen LogP contribution in [0.2, 0.25) is 5.02 Å². The minimum atomic E-state index is -0.385. The summed E-state index contributed by atoms with van der Waals surface area (Å²) in [5, 5.41) is 2.14. The zero-order valence-electron chi connectivity index (χ0n) is 15.6. The molecule has 0 aromatic heterocycles. The standard InChI is InChI=1S/C23H18ClNO4/c24-17-8-1-5-15(13-17)14-29-20(26)11-4-12-25-22(27)18-9-2-6-16-7-3-10-19(21(16)18)23(25)28/h1-3,5-10,13H,4,11-12,14H2. The summed E-state index contributed by atoms with van der Waals surface area (Å²) in [7, 11) is 0. The van der Waals surface area contributed by atoms with Gasteiger partial charge < -0.3 is 4.74 Å². The highest BCUT2D eigenvalue weighted by molar-refractivity contribution is 6.30. The fourth-order valence-corrected chi connectivity index (χ4v) is 3.74. The molecule has 146 valence electrons. The van der Waals surface area contributed by atoms with Gasteiger partial charge in [0.15, 0.2) is 0 Å². The quantitative estimate of drug-likeness (QED) is 0.442. The molecule has 0 N–H and O–H groups in total. The Morgan fingerprint density at radius 1 is 0.931 bits per heavy atom. The van der Waals surface area contributed by atoms with Crippen molar-refractivity contribution in [3.63, 3.8) is 0 Å². The SMILES string of the molecule is O=C(CCCN1C(=O)c2cccc3cccc(c23)C1=O)OCc1cccc(Cl)c1. The first-order valence-corrected chi connectivity index (χ1v) is 9.70. The fraction of sp³-hybridized carbons (Fsp3) is 0.174. The van der Waals surface area contributed by atoms with Gasteiger partial charge in [-0.2, -0.15) is 0 Å². The van der Waals surface area contributed by atoms with Gasteiger partial charge in [0.05, 0.1) is 0 Å². The van der Waals surface area contributed by atoms with Gasteiger partial charge in [-0.05, 0) is 41.6 Å². The number of nitrogens with zero attached hydrogens (tertiary/aromatic N) is 1. The summed E-state index contributed by atoms with van der Waals surface area (Å²) >= 11 is 5.91. The van der Waals surface area contributed by atoms with Gasteiger partial charge in [0.1, 0.15) is 6.61 Å². The summed E-state index contributed by atoms with van der Waals surface area (Å²) in [6, 6.07) is 17.9. The molecule has 1 heterocycles. The molecule has 1 aliphatic rings. The Bertz CT molecular complexity index is 1070. The number of amides is 2. The third kappa shape index (κ3) is 3.87. The number of hydrogen-bond acceptors (Lipinski definition) is 4. The molecular formula is C23H18ClNO4. The highest BCUT2D eigenvalue weighted by atomic mass is 35.5. The minimum absolute atomic E-state index is 0.115. The lowest BCUT2D eigenvalue weighted by atomic mass is 9.94. The lowest BCUT2D eigenvalue weighted by Gasteiger charge is -2.27. The maximum absolute atomic E-state index is 12.8. The van der Waals surface area contributed by atoms with E-state index in [1.54, 1.807) is 42.5 Å². The van der Waals surface area contributed by atoms with E-state index in [0.29, 0.717) is 28.0 Å². The van der Waals surface area contributed by atoms with E-state index in [2.05, 4.69) is 0 Å². The van der Waals surface area contributed by atoms with Crippen molar-refractivity contribution in [1.82, 2.24) is 4.90 Å². The van der Waals surface area contributed by atoms with Crippen molar-refractivity contribution < 1.29 is 19.1 Å². The van der Waals surface area contributed by atoms with Crippen LogP contribution < -0.4 is 0 Å². The fourth-order valence-electron chi connectivity index (χ4n) is 3.53. The average molecular weight is 408 g/mol. The number of esters is 1. The molecule has 3 aromatic carbocycles. The smallest absolute Gasteiger partial charge is 0.306 e. The van der Waals surface area contributed by atoms with Crippen molar-refractivity contribution in [3.8, 4) is 0 Å². The number of benzene rings is 3. The number of imide groups is 1. The van der Waals surface area contributed by atoms with Crippen molar-refractivity contribution in [2.45, 2.75) is 19.4 Å². The van der Waals surface area contributed by atoms with Crippen molar-refractivity contribution in [2.24, 2.45) is 0 Å². The molecule has 0 fully saturated rings. The second-order valence-electron chi connectivity index (χ2n) is 6.87. The highest BCUT2D eigenvalue weighted by Crippen LogP contribution is 2.30. The molecule has 0 saturated heterocycles. The minimum Gasteiger partial charge on any atom is -0.461 e. The molecule has 0 radical (unpaired) electrons. The largest absolute Gasteiger partial charge is 0.461 e. The first-order valence-electron chi connectivity index (χ1n) is 9.32. The molecule has 0 spiro atoms. The monoisotopic (exact) mass is 407 g/mol. The Morgan fingerprint density at radius 2 is 1.59 bits per heavy atom. The summed E-state index contributed by atoms with van der Waals surface area (Å²) in [5.41, 5.74) is 1.83. The van der Waals surface area contributed by atoms with Crippen LogP contribution in [0.3, 0.4) is 0 Å². The number of ether oxygens (including phenoxy) is 1. The molecule has 0 aliphatic carbocycles. The highest BCUT2D eigenvalue weighted by Gasteiger charge is 2.32. The predicted molar refractivity (Wildman–Crippen MR) is 110 cm³/mol. The van der Waals surface area contributed by atoms with Gasteiger partial charge in [-0.3, -0.25) is 19.3 Å². The summed E-state index contributed by atoms with van der Waals surface area (Å²) in [4.78, 5) is 38.8. The van der Waals surface area contributed by atoms with Crippen LogP contribution in [-0.2, 0) is 16.1 Å². The van der Waals surface area contributed by atoms with E-state index in [0.717, 1.165) is 10.9 Å². The third-order valence-corrected chi connectivity index (χ3v) is 5.14. The second kappa shape index (κ2) is 8.05. The van der Waals surface area contributed by atoms with E-state index in [1.807, 2.05) is 18.2 Å². The number of hydrogen-bond donors (Lipinski definition) is 0. The van der Waals surface area contributed by atoms with Crippen LogP contribution in [0.25, 0.3) is 10.8 Å². The van der Waals surface area contributed by atoms with Crippen LogP contribution in [-0.4, -0.2) is 29.2 Å². The number of halogens is 1. The number of rotatable bonds is 6. The van der Waals surface area contributed by atoms with Gasteiger partial charge in [-0.1, -0.05) is 48.0 Å². The van der Waals surface area contributed by atoms with Gasteiger partial charge in [0.25, 0.3) is 11.8 Å². The zero-order valence-corrected chi connectivity index (χ0v) is 16.3. The van der Waals surface area contributed by atoms with Gasteiger partial charge in [0.2, 0.25) is 0 Å². The van der Waals surface area contributed by atoms with E-state index in [-0.39, 0.29) is 37.4 Å². The predicted octanol–water partition coefficient (Wildman–Crippen LogP) is 4.61. The van der Waals surface area contributed by atoms with Crippen molar-refractivity contribution in [2.75, 3.05) is 6.54 Å². The Labute approximate surface area is 172 Å². The van der Waals surface area contributed by atoms with Gasteiger partial charge in [-0.15, -0.1) is 0 Å². The molecule has 0 saturated carbocycles. The van der Waals surface area contributed by atoms with Crippen LogP contribution in [0.5, 0.6) is 0 Å². The molecule has 1 aliphatic heterocycles. The summed E-state index contributed by atoms with van der Waals surface area (Å²) in [5.74, 6) is -1.04.